The molecular weight excluding hydrogens is 383 g/mol. The minimum Gasteiger partial charge on any atom is -0.342 e. The van der Waals surface area contributed by atoms with Gasteiger partial charge in [-0.1, -0.05) is 6.85 Å². The van der Waals surface area contributed by atoms with Crippen LogP contribution in [0.4, 0.5) is 10.2 Å². The number of benzene rings is 1. The molecule has 0 unspecified atom stereocenters. The lowest BCUT2D eigenvalue weighted by atomic mass is 10.1. The first kappa shape index (κ1) is 9.46. The summed E-state index contributed by atoms with van der Waals surface area (Å²) in [5.74, 6) is -1.57. The second kappa shape index (κ2) is 7.01. The van der Waals surface area contributed by atoms with Crippen LogP contribution < -0.4 is 4.90 Å². The Balaban J connectivity index is 1.84. The van der Waals surface area contributed by atoms with Gasteiger partial charge in [0.05, 0.1) is 13.6 Å². The topological polar surface area (TPSA) is 77.5 Å². The normalized spacial score (nSPS) is 23.4. The van der Waals surface area contributed by atoms with E-state index >= 15 is 0 Å². The molecule has 1 aliphatic heterocycles. The first-order valence-corrected chi connectivity index (χ1v) is 8.67. The van der Waals surface area contributed by atoms with Crippen molar-refractivity contribution in [3.63, 3.8) is 0 Å². The summed E-state index contributed by atoms with van der Waals surface area (Å²) in [5, 5.41) is 7.52. The van der Waals surface area contributed by atoms with E-state index in [1.165, 1.54) is 41.2 Å². The van der Waals surface area contributed by atoms with Crippen molar-refractivity contribution in [1.29, 1.82) is 0 Å². The number of fused-ring (bicyclic) bond motifs is 3. The van der Waals surface area contributed by atoms with Gasteiger partial charge in [-0.3, -0.25) is 9.13 Å². The first-order valence-electron chi connectivity index (χ1n) is 14.7. The van der Waals surface area contributed by atoms with Crippen LogP contribution in [0, 0.1) is 5.82 Å². The number of nitrogens with zero attached hydrogens (tertiary/aromatic N) is 8. The molecule has 30 heavy (non-hydrogen) atoms. The van der Waals surface area contributed by atoms with E-state index in [9.17, 15) is 4.39 Å². The lowest BCUT2D eigenvalue weighted by Gasteiger charge is -2.39. The number of halogens is 1. The summed E-state index contributed by atoms with van der Waals surface area (Å²) in [7, 11) is 0. The van der Waals surface area contributed by atoms with Gasteiger partial charge in [-0.05, 0) is 44.3 Å². The average molecular weight is 417 g/mol. The Kier molecular flexibility index (Phi) is 2.21. The molecule has 152 valence electrons. The highest BCUT2D eigenvalue weighted by Gasteiger charge is 2.35. The maximum absolute atomic E-state index is 13.5. The fourth-order valence-electron chi connectivity index (χ4n) is 3.32. The molecule has 5 rings (SSSR count). The predicted octanol–water partition coefficient (Wildman–Crippen LogP) is 3.73. The minimum absolute atomic E-state index is 0.134. The number of imidazole rings is 1. The summed E-state index contributed by atoms with van der Waals surface area (Å²) in [4.78, 5) is 13.2. The van der Waals surface area contributed by atoms with E-state index in [-0.39, 0.29) is 17.5 Å². The molecule has 0 N–H and O–H groups in total. The van der Waals surface area contributed by atoms with Crippen molar-refractivity contribution in [2.75, 3.05) is 4.90 Å². The summed E-state index contributed by atoms with van der Waals surface area (Å²) in [5.41, 5.74) is 0.294. The molecule has 0 aliphatic carbocycles. The maximum atomic E-state index is 13.5. The van der Waals surface area contributed by atoms with Crippen LogP contribution in [0.2, 0.25) is 0 Å². The van der Waals surface area contributed by atoms with E-state index in [4.69, 9.17) is 16.4 Å². The second-order valence-corrected chi connectivity index (χ2v) is 6.33. The van der Waals surface area contributed by atoms with Gasteiger partial charge in [0.2, 0.25) is 5.95 Å². The van der Waals surface area contributed by atoms with Gasteiger partial charge in [-0.25, -0.2) is 14.4 Å². The fourth-order valence-corrected chi connectivity index (χ4v) is 3.32. The van der Waals surface area contributed by atoms with Crippen LogP contribution in [0.3, 0.4) is 0 Å². The summed E-state index contributed by atoms with van der Waals surface area (Å²) in [6.07, 6.45) is 1.63. The van der Waals surface area contributed by atoms with Crippen molar-refractivity contribution in [2.45, 2.75) is 39.0 Å². The lowest BCUT2D eigenvalue weighted by molar-refractivity contribution is 0.497. The number of hydrogen-bond acceptors (Lipinski definition) is 6. The van der Waals surface area contributed by atoms with Crippen LogP contribution in [0.15, 0.2) is 49.2 Å². The molecule has 4 heterocycles. The smallest absolute Gasteiger partial charge is 0.237 e. The molecule has 0 amide bonds. The Morgan fingerprint density at radius 1 is 1.23 bits per heavy atom. The standard InChI is InChI=1S/C21H21FN8/c1-4-16-20-27-25-12-29(20)17-11-24-21(26-19(17)30(16)13(2)3)28-10-9-23-18(28)14-5-7-15(22)8-6-14/h5-13,16H,4H2,1-3H3/t16-/m1/s1/i1D3,2D3,3D3,4D2,13D. The summed E-state index contributed by atoms with van der Waals surface area (Å²) < 4.78 is 115. The van der Waals surface area contributed by atoms with E-state index < -0.39 is 56.4 Å². The largest absolute Gasteiger partial charge is 0.342 e. The van der Waals surface area contributed by atoms with Crippen LogP contribution >= 0.6 is 0 Å². The number of anilines is 1. The molecule has 1 aliphatic rings. The Morgan fingerprint density at radius 3 is 2.90 bits per heavy atom. The molecule has 4 aromatic rings. The zero-order valence-corrected chi connectivity index (χ0v) is 15.2. The first-order chi connectivity index (χ1) is 19.3. The third-order valence-corrected chi connectivity index (χ3v) is 4.64. The molecule has 0 radical (unpaired) electrons. The van der Waals surface area contributed by atoms with Gasteiger partial charge in [-0.15, -0.1) is 10.2 Å². The molecule has 1 aromatic carbocycles. The van der Waals surface area contributed by atoms with Crippen LogP contribution in [-0.2, 0) is 0 Å². The molecule has 3 aromatic heterocycles. The van der Waals surface area contributed by atoms with Gasteiger partial charge in [0, 0.05) is 39.1 Å². The van der Waals surface area contributed by atoms with Gasteiger partial charge >= 0.3 is 0 Å². The molecule has 0 fully saturated rings. The van der Waals surface area contributed by atoms with Crippen LogP contribution in [0.25, 0.3) is 23.0 Å². The van der Waals surface area contributed by atoms with Crippen molar-refractivity contribution in [2.24, 2.45) is 0 Å². The highest BCUT2D eigenvalue weighted by Crippen LogP contribution is 2.39. The Bertz CT molecular complexity index is 1610. The van der Waals surface area contributed by atoms with E-state index in [1.54, 1.807) is 0 Å². The zero-order valence-electron chi connectivity index (χ0n) is 27.2. The molecular formula is C21H21FN8. The predicted molar refractivity (Wildman–Crippen MR) is 110 cm³/mol. The third-order valence-electron chi connectivity index (χ3n) is 4.64. The van der Waals surface area contributed by atoms with Crippen molar-refractivity contribution in [3.05, 3.63) is 60.8 Å². The summed E-state index contributed by atoms with van der Waals surface area (Å²) >= 11 is 0. The average Bonchev–Trinajstić information content (AvgIpc) is 3.55. The molecule has 0 saturated carbocycles. The second-order valence-electron chi connectivity index (χ2n) is 6.33. The van der Waals surface area contributed by atoms with Crippen molar-refractivity contribution in [1.82, 2.24) is 34.3 Å². The summed E-state index contributed by atoms with van der Waals surface area (Å²) in [6.45, 7) is -10.8. The lowest BCUT2D eigenvalue weighted by Crippen LogP contribution is -2.40. The SMILES string of the molecule is [2H]C([2H])([2H])C([2H])([2H])[C@@H]1c2nncn2-c2cnc(-n3ccnc3-c3ccc(F)cc3)nc2N1C([2H])(C([2H])([2H])[2H])C([2H])([2H])[2H]. The molecule has 0 spiro atoms. The number of rotatable bonds is 4. The minimum atomic E-state index is -3.67. The van der Waals surface area contributed by atoms with Gasteiger partial charge in [0.1, 0.15) is 23.7 Å². The highest BCUT2D eigenvalue weighted by molar-refractivity contribution is 5.63. The monoisotopic (exact) mass is 416 g/mol. The van der Waals surface area contributed by atoms with Crippen LogP contribution in [0.5, 0.6) is 0 Å². The Morgan fingerprint density at radius 2 is 2.10 bits per heavy atom. The zero-order chi connectivity index (χ0) is 31.0. The van der Waals surface area contributed by atoms with Crippen LogP contribution in [0.1, 0.15) is 55.2 Å². The van der Waals surface area contributed by atoms with Crippen molar-refractivity contribution >= 4 is 5.82 Å². The highest BCUT2D eigenvalue weighted by atomic mass is 19.1. The number of hydrogen-bond donors (Lipinski definition) is 0. The van der Waals surface area contributed by atoms with Gasteiger partial charge in [0.15, 0.2) is 11.6 Å². The maximum Gasteiger partial charge on any atom is 0.237 e. The van der Waals surface area contributed by atoms with E-state index in [2.05, 4.69) is 25.1 Å². The van der Waals surface area contributed by atoms with Gasteiger partial charge in [-0.2, -0.15) is 4.98 Å². The Labute approximate surface area is 189 Å². The van der Waals surface area contributed by atoms with E-state index in [1.807, 2.05) is 0 Å². The molecule has 0 saturated heterocycles. The van der Waals surface area contributed by atoms with Crippen molar-refractivity contribution < 1.29 is 20.8 Å². The molecule has 8 nitrogen and oxygen atoms in total. The molecule has 0 bridgehead atoms. The quantitative estimate of drug-likeness (QED) is 0.504. The van der Waals surface area contributed by atoms with E-state index in [0.29, 0.717) is 10.5 Å². The summed E-state index contributed by atoms with van der Waals surface area (Å²) in [6, 6.07) is -0.682. The van der Waals surface area contributed by atoms with Crippen LogP contribution in [-0.4, -0.2) is 40.3 Å². The van der Waals surface area contributed by atoms with Gasteiger partial charge in [0.25, 0.3) is 0 Å². The molecule has 9 heteroatoms. The van der Waals surface area contributed by atoms with E-state index in [0.717, 1.165) is 17.1 Å². The fraction of sp³-hybridized carbons (Fsp3) is 0.286. The van der Waals surface area contributed by atoms with Gasteiger partial charge < -0.3 is 4.90 Å². The Hall–Kier alpha value is -3.62. The van der Waals surface area contributed by atoms with Crippen molar-refractivity contribution in [3.8, 4) is 23.0 Å². The molecule has 1 atom stereocenters. The number of aromatic nitrogens is 7. The third kappa shape index (κ3) is 2.77.